The molecule has 0 amide bonds. The lowest BCUT2D eigenvalue weighted by atomic mass is 10.2. The standard InChI is InChI=1S/C20H22FN7O/c21-13-6-22-7-14(13)25-18-10-23-8-15(26-18)16-9-24-19-5-17(29-12-3-4-12)20(11-1-2-11)27-28(16)19/h5,8-14,22H,1-4,6-7H2,(H,25,26). The second-order valence-electron chi connectivity index (χ2n) is 8.11. The first kappa shape index (κ1) is 17.1. The molecule has 3 aromatic heterocycles. The Morgan fingerprint density at radius 1 is 1.14 bits per heavy atom. The molecule has 2 aliphatic carbocycles. The first-order chi connectivity index (χ1) is 14.2. The fourth-order valence-electron chi connectivity index (χ4n) is 3.72. The number of hydrogen-bond acceptors (Lipinski definition) is 7. The van der Waals surface area contributed by atoms with Crippen LogP contribution >= 0.6 is 0 Å². The molecule has 6 rings (SSSR count). The maximum atomic E-state index is 13.9. The Kier molecular flexibility index (Phi) is 3.90. The molecule has 3 fully saturated rings. The van der Waals surface area contributed by atoms with E-state index in [1.54, 1.807) is 18.6 Å². The predicted octanol–water partition coefficient (Wildman–Crippen LogP) is 2.33. The summed E-state index contributed by atoms with van der Waals surface area (Å²) in [5.41, 5.74) is 3.14. The van der Waals surface area contributed by atoms with Gasteiger partial charge in [-0.05, 0) is 25.7 Å². The van der Waals surface area contributed by atoms with Crippen molar-refractivity contribution in [3.05, 3.63) is 30.4 Å². The summed E-state index contributed by atoms with van der Waals surface area (Å²) in [6, 6.07) is 1.68. The largest absolute Gasteiger partial charge is 0.488 e. The molecule has 150 valence electrons. The molecule has 2 unspecified atom stereocenters. The maximum absolute atomic E-state index is 13.9. The molecule has 0 radical (unpaired) electrons. The van der Waals surface area contributed by atoms with Crippen LogP contribution in [0.4, 0.5) is 10.2 Å². The zero-order valence-corrected chi connectivity index (χ0v) is 15.9. The molecule has 0 aromatic carbocycles. The lowest BCUT2D eigenvalue weighted by Gasteiger charge is -2.15. The topological polar surface area (TPSA) is 89.3 Å². The van der Waals surface area contributed by atoms with E-state index in [4.69, 9.17) is 9.84 Å². The summed E-state index contributed by atoms with van der Waals surface area (Å²) < 4.78 is 21.8. The zero-order valence-electron chi connectivity index (χ0n) is 15.9. The number of hydrogen-bond donors (Lipinski definition) is 2. The highest BCUT2D eigenvalue weighted by Crippen LogP contribution is 2.44. The van der Waals surface area contributed by atoms with Crippen molar-refractivity contribution in [2.24, 2.45) is 0 Å². The van der Waals surface area contributed by atoms with Gasteiger partial charge in [0.05, 0.1) is 30.7 Å². The summed E-state index contributed by atoms with van der Waals surface area (Å²) in [7, 11) is 0. The van der Waals surface area contributed by atoms with Crippen molar-refractivity contribution < 1.29 is 9.13 Å². The van der Waals surface area contributed by atoms with Crippen LogP contribution in [0.2, 0.25) is 0 Å². The zero-order chi connectivity index (χ0) is 19.4. The third-order valence-electron chi connectivity index (χ3n) is 5.64. The minimum absolute atomic E-state index is 0.302. The molecule has 8 nitrogen and oxygen atoms in total. The van der Waals surface area contributed by atoms with E-state index >= 15 is 0 Å². The Balaban J connectivity index is 1.35. The smallest absolute Gasteiger partial charge is 0.157 e. The number of aromatic nitrogens is 5. The Bertz CT molecular complexity index is 1060. The van der Waals surface area contributed by atoms with Crippen LogP contribution in [0.25, 0.3) is 17.0 Å². The Morgan fingerprint density at radius 2 is 2.03 bits per heavy atom. The molecular formula is C20H22FN7O. The van der Waals surface area contributed by atoms with Crippen LogP contribution in [0, 0.1) is 0 Å². The number of halogens is 1. The molecule has 3 aromatic rings. The first-order valence-electron chi connectivity index (χ1n) is 10.2. The summed E-state index contributed by atoms with van der Waals surface area (Å²) in [6.07, 6.45) is 8.94. The Labute approximate surface area is 166 Å². The van der Waals surface area contributed by atoms with Crippen molar-refractivity contribution in [3.8, 4) is 17.1 Å². The highest BCUT2D eigenvalue weighted by atomic mass is 19.1. The Morgan fingerprint density at radius 3 is 2.79 bits per heavy atom. The molecule has 2 saturated carbocycles. The third-order valence-corrected chi connectivity index (χ3v) is 5.64. The minimum atomic E-state index is -0.941. The number of ether oxygens (including phenoxy) is 1. The quantitative estimate of drug-likeness (QED) is 0.662. The van der Waals surface area contributed by atoms with Crippen molar-refractivity contribution in [2.45, 2.75) is 49.9 Å². The van der Waals surface area contributed by atoms with E-state index in [0.717, 1.165) is 48.5 Å². The number of alkyl halides is 1. The maximum Gasteiger partial charge on any atom is 0.157 e. The molecule has 0 bridgehead atoms. The van der Waals surface area contributed by atoms with E-state index in [9.17, 15) is 4.39 Å². The van der Waals surface area contributed by atoms with Crippen LogP contribution in [0.3, 0.4) is 0 Å². The Hall–Kier alpha value is -2.81. The van der Waals surface area contributed by atoms with Gasteiger partial charge in [-0.15, -0.1) is 0 Å². The minimum Gasteiger partial charge on any atom is -0.488 e. The van der Waals surface area contributed by atoms with E-state index in [2.05, 4.69) is 25.6 Å². The van der Waals surface area contributed by atoms with E-state index < -0.39 is 6.17 Å². The third kappa shape index (κ3) is 3.29. The fraction of sp³-hybridized carbons (Fsp3) is 0.500. The van der Waals surface area contributed by atoms with Gasteiger partial charge in [0.1, 0.15) is 34.8 Å². The van der Waals surface area contributed by atoms with Crippen LogP contribution in [0.1, 0.15) is 37.3 Å². The average molecular weight is 395 g/mol. The highest BCUT2D eigenvalue weighted by molar-refractivity contribution is 5.61. The van der Waals surface area contributed by atoms with Crippen molar-refractivity contribution in [1.29, 1.82) is 0 Å². The van der Waals surface area contributed by atoms with E-state index in [0.29, 0.717) is 36.6 Å². The molecule has 9 heteroatoms. The lowest BCUT2D eigenvalue weighted by Crippen LogP contribution is -2.29. The van der Waals surface area contributed by atoms with Gasteiger partial charge >= 0.3 is 0 Å². The van der Waals surface area contributed by atoms with E-state index in [1.807, 2.05) is 10.6 Å². The molecule has 3 aliphatic rings. The van der Waals surface area contributed by atoms with Gasteiger partial charge in [0, 0.05) is 25.1 Å². The number of anilines is 1. The first-order valence-corrected chi connectivity index (χ1v) is 10.2. The number of fused-ring (bicyclic) bond motifs is 1. The van der Waals surface area contributed by atoms with Gasteiger partial charge in [-0.25, -0.2) is 18.9 Å². The number of rotatable bonds is 6. The fourth-order valence-corrected chi connectivity index (χ4v) is 3.72. The predicted molar refractivity (Wildman–Crippen MR) is 105 cm³/mol. The van der Waals surface area contributed by atoms with Crippen molar-refractivity contribution >= 4 is 11.5 Å². The van der Waals surface area contributed by atoms with Crippen LogP contribution in [0.15, 0.2) is 24.7 Å². The van der Waals surface area contributed by atoms with Crippen LogP contribution in [-0.4, -0.2) is 56.0 Å². The normalized spacial score (nSPS) is 24.2. The monoisotopic (exact) mass is 395 g/mol. The van der Waals surface area contributed by atoms with Crippen LogP contribution in [0.5, 0.6) is 5.75 Å². The summed E-state index contributed by atoms with van der Waals surface area (Å²) >= 11 is 0. The highest BCUT2D eigenvalue weighted by Gasteiger charge is 2.33. The van der Waals surface area contributed by atoms with Crippen molar-refractivity contribution in [3.63, 3.8) is 0 Å². The second-order valence-corrected chi connectivity index (χ2v) is 8.11. The van der Waals surface area contributed by atoms with Gasteiger partial charge in [0.15, 0.2) is 5.65 Å². The van der Waals surface area contributed by atoms with Crippen LogP contribution in [-0.2, 0) is 0 Å². The van der Waals surface area contributed by atoms with Gasteiger partial charge < -0.3 is 15.4 Å². The van der Waals surface area contributed by atoms with Gasteiger partial charge in [-0.2, -0.15) is 5.10 Å². The van der Waals surface area contributed by atoms with Gasteiger partial charge in [0.2, 0.25) is 0 Å². The van der Waals surface area contributed by atoms with Gasteiger partial charge in [0.25, 0.3) is 0 Å². The molecule has 1 aliphatic heterocycles. The summed E-state index contributed by atoms with van der Waals surface area (Å²) in [5, 5.41) is 11.0. The van der Waals surface area contributed by atoms with E-state index in [1.165, 1.54) is 0 Å². The molecular weight excluding hydrogens is 373 g/mol. The van der Waals surface area contributed by atoms with Crippen LogP contribution < -0.4 is 15.4 Å². The number of imidazole rings is 1. The molecule has 29 heavy (non-hydrogen) atoms. The summed E-state index contributed by atoms with van der Waals surface area (Å²) in [5.74, 6) is 1.87. The second kappa shape index (κ2) is 6.62. The molecule has 2 atom stereocenters. The molecule has 0 spiro atoms. The summed E-state index contributed by atoms with van der Waals surface area (Å²) in [6.45, 7) is 0.927. The molecule has 4 heterocycles. The number of nitrogens with one attached hydrogen (secondary N) is 2. The average Bonchev–Trinajstić information content (AvgIpc) is 3.65. The van der Waals surface area contributed by atoms with Gasteiger partial charge in [-0.1, -0.05) is 0 Å². The molecule has 1 saturated heterocycles. The van der Waals surface area contributed by atoms with Crippen molar-refractivity contribution in [1.82, 2.24) is 29.9 Å². The van der Waals surface area contributed by atoms with Crippen molar-refractivity contribution in [2.75, 3.05) is 18.4 Å². The van der Waals surface area contributed by atoms with Gasteiger partial charge in [-0.3, -0.25) is 4.98 Å². The summed E-state index contributed by atoms with van der Waals surface area (Å²) in [4.78, 5) is 13.4. The lowest BCUT2D eigenvalue weighted by molar-refractivity contribution is 0.297. The molecule has 2 N–H and O–H groups in total. The van der Waals surface area contributed by atoms with E-state index in [-0.39, 0.29) is 6.04 Å². The SMILES string of the molecule is FC1CNCC1Nc1cncc(-c2cnc3cc(OC4CC4)c(C4CC4)nn23)n1. The number of nitrogens with zero attached hydrogens (tertiary/aromatic N) is 5.